The molecule has 1 amide bonds. The smallest absolute Gasteiger partial charge is 0.239 e. The van der Waals surface area contributed by atoms with Crippen LogP contribution in [-0.4, -0.2) is 31.1 Å². The Morgan fingerprint density at radius 2 is 2.15 bits per heavy atom. The fraction of sp³-hybridized carbons (Fsp3) is 0.562. The lowest BCUT2D eigenvalue weighted by molar-refractivity contribution is -0.121. The van der Waals surface area contributed by atoms with E-state index in [2.05, 4.69) is 48.4 Å². The number of anilines is 1. The van der Waals surface area contributed by atoms with Gasteiger partial charge in [-0.15, -0.1) is 0 Å². The van der Waals surface area contributed by atoms with Gasteiger partial charge in [0.05, 0.1) is 6.54 Å². The zero-order valence-electron chi connectivity index (χ0n) is 12.7. The number of benzene rings is 1. The third kappa shape index (κ3) is 3.73. The van der Waals surface area contributed by atoms with Gasteiger partial charge in [-0.2, -0.15) is 0 Å². The van der Waals surface area contributed by atoms with Crippen molar-refractivity contribution in [2.75, 3.05) is 24.5 Å². The molecule has 4 nitrogen and oxygen atoms in total. The molecule has 0 aromatic heterocycles. The quantitative estimate of drug-likeness (QED) is 0.882. The molecule has 0 atom stereocenters. The molecule has 0 unspecified atom stereocenters. The van der Waals surface area contributed by atoms with Gasteiger partial charge >= 0.3 is 0 Å². The molecule has 110 valence electrons. The molecular formula is C16H25N3O. The number of amides is 1. The zero-order valence-corrected chi connectivity index (χ0v) is 12.7. The molecule has 0 saturated heterocycles. The van der Waals surface area contributed by atoms with Crippen molar-refractivity contribution in [3.8, 4) is 0 Å². The van der Waals surface area contributed by atoms with E-state index in [1.807, 2.05) is 12.1 Å². The normalized spacial score (nSPS) is 15.4. The molecule has 1 aromatic rings. The van der Waals surface area contributed by atoms with E-state index in [0.717, 1.165) is 26.1 Å². The number of nitrogens with zero attached hydrogens (tertiary/aromatic N) is 1. The average molecular weight is 275 g/mol. The van der Waals surface area contributed by atoms with Crippen LogP contribution in [0.15, 0.2) is 24.3 Å². The first-order chi connectivity index (χ1) is 9.52. The predicted molar refractivity (Wildman–Crippen MR) is 82.9 cm³/mol. The fourth-order valence-electron chi connectivity index (χ4n) is 2.37. The van der Waals surface area contributed by atoms with Gasteiger partial charge < -0.3 is 15.5 Å². The van der Waals surface area contributed by atoms with Gasteiger partial charge in [0.2, 0.25) is 5.91 Å². The number of fused-ring (bicyclic) bond motifs is 1. The molecule has 1 heterocycles. The lowest BCUT2D eigenvalue weighted by Gasteiger charge is -2.28. The topological polar surface area (TPSA) is 44.4 Å². The Hall–Kier alpha value is -1.55. The molecule has 1 aliphatic rings. The van der Waals surface area contributed by atoms with Gasteiger partial charge in [0.25, 0.3) is 0 Å². The van der Waals surface area contributed by atoms with Crippen LogP contribution in [0.4, 0.5) is 5.69 Å². The molecule has 0 bridgehead atoms. The van der Waals surface area contributed by atoms with E-state index < -0.39 is 0 Å². The standard InChI is InChI=1S/C16H25N3O/c1-4-16(2,3)18-15(20)12-19-10-9-17-11-13-7-5-6-8-14(13)19/h5-8,17H,4,9-12H2,1-3H3,(H,18,20). The summed E-state index contributed by atoms with van der Waals surface area (Å²) < 4.78 is 0. The van der Waals surface area contributed by atoms with Crippen LogP contribution in [0, 0.1) is 0 Å². The molecule has 2 N–H and O–H groups in total. The summed E-state index contributed by atoms with van der Waals surface area (Å²) in [5, 5.41) is 6.50. The predicted octanol–water partition coefficient (Wildman–Crippen LogP) is 1.90. The molecular weight excluding hydrogens is 250 g/mol. The Morgan fingerprint density at radius 3 is 2.90 bits per heavy atom. The summed E-state index contributed by atoms with van der Waals surface area (Å²) in [6.45, 7) is 9.25. The van der Waals surface area contributed by atoms with E-state index in [4.69, 9.17) is 0 Å². The summed E-state index contributed by atoms with van der Waals surface area (Å²) in [6.07, 6.45) is 0.927. The van der Waals surface area contributed by atoms with Gasteiger partial charge in [-0.05, 0) is 31.9 Å². The highest BCUT2D eigenvalue weighted by Crippen LogP contribution is 2.21. The van der Waals surface area contributed by atoms with Gasteiger partial charge in [0.15, 0.2) is 0 Å². The van der Waals surface area contributed by atoms with Crippen LogP contribution in [0.3, 0.4) is 0 Å². The van der Waals surface area contributed by atoms with Gasteiger partial charge in [-0.3, -0.25) is 4.79 Å². The van der Waals surface area contributed by atoms with Crippen LogP contribution in [0.5, 0.6) is 0 Å². The largest absolute Gasteiger partial charge is 0.361 e. The Balaban J connectivity index is 2.07. The molecule has 0 aliphatic carbocycles. The highest BCUT2D eigenvalue weighted by atomic mass is 16.2. The summed E-state index contributed by atoms with van der Waals surface area (Å²) in [4.78, 5) is 14.4. The monoisotopic (exact) mass is 275 g/mol. The van der Waals surface area contributed by atoms with Gasteiger partial charge in [0, 0.05) is 30.9 Å². The minimum absolute atomic E-state index is 0.0913. The minimum Gasteiger partial charge on any atom is -0.361 e. The molecule has 0 radical (unpaired) electrons. The summed E-state index contributed by atoms with van der Waals surface area (Å²) in [7, 11) is 0. The second kappa shape index (κ2) is 6.27. The summed E-state index contributed by atoms with van der Waals surface area (Å²) in [5.74, 6) is 0.0913. The van der Waals surface area contributed by atoms with Crippen LogP contribution in [0.25, 0.3) is 0 Å². The van der Waals surface area contributed by atoms with Crippen molar-refractivity contribution < 1.29 is 4.79 Å². The number of rotatable bonds is 4. The van der Waals surface area contributed by atoms with Crippen LogP contribution in [0.2, 0.25) is 0 Å². The number of para-hydroxylation sites is 1. The van der Waals surface area contributed by atoms with Gasteiger partial charge in [-0.1, -0.05) is 25.1 Å². The Kier molecular flexibility index (Phi) is 4.65. The fourth-order valence-corrected chi connectivity index (χ4v) is 2.37. The Bertz CT molecular complexity index is 471. The van der Waals surface area contributed by atoms with Crippen molar-refractivity contribution in [3.05, 3.63) is 29.8 Å². The molecule has 0 saturated carbocycles. The molecule has 1 aliphatic heterocycles. The maximum Gasteiger partial charge on any atom is 0.239 e. The molecule has 0 fully saturated rings. The number of hydrogen-bond acceptors (Lipinski definition) is 3. The maximum absolute atomic E-state index is 12.2. The molecule has 4 heteroatoms. The van der Waals surface area contributed by atoms with Crippen molar-refractivity contribution in [1.82, 2.24) is 10.6 Å². The van der Waals surface area contributed by atoms with Crippen LogP contribution in [-0.2, 0) is 11.3 Å². The summed E-state index contributed by atoms with van der Waals surface area (Å²) in [6, 6.07) is 8.30. The second-order valence-corrected chi connectivity index (χ2v) is 6.01. The number of nitrogens with one attached hydrogen (secondary N) is 2. The summed E-state index contributed by atoms with van der Waals surface area (Å²) in [5.41, 5.74) is 2.29. The van der Waals surface area contributed by atoms with E-state index in [1.54, 1.807) is 0 Å². The van der Waals surface area contributed by atoms with E-state index in [-0.39, 0.29) is 11.4 Å². The SMILES string of the molecule is CCC(C)(C)NC(=O)CN1CCNCc2ccccc21. The summed E-state index contributed by atoms with van der Waals surface area (Å²) >= 11 is 0. The first-order valence-electron chi connectivity index (χ1n) is 7.36. The third-order valence-electron chi connectivity index (χ3n) is 3.90. The maximum atomic E-state index is 12.2. The molecule has 2 rings (SSSR count). The lowest BCUT2D eigenvalue weighted by Crippen LogP contribution is -2.48. The molecule has 20 heavy (non-hydrogen) atoms. The first kappa shape index (κ1) is 14.9. The van der Waals surface area contributed by atoms with Crippen molar-refractivity contribution in [3.63, 3.8) is 0 Å². The van der Waals surface area contributed by atoms with E-state index in [1.165, 1.54) is 11.3 Å². The number of carbonyl (C=O) groups is 1. The number of carbonyl (C=O) groups excluding carboxylic acids is 1. The number of hydrogen-bond donors (Lipinski definition) is 2. The Morgan fingerprint density at radius 1 is 1.40 bits per heavy atom. The van der Waals surface area contributed by atoms with Crippen molar-refractivity contribution in [2.24, 2.45) is 0 Å². The van der Waals surface area contributed by atoms with Crippen LogP contribution < -0.4 is 15.5 Å². The third-order valence-corrected chi connectivity index (χ3v) is 3.90. The van der Waals surface area contributed by atoms with E-state index >= 15 is 0 Å². The van der Waals surface area contributed by atoms with Crippen molar-refractivity contribution in [2.45, 2.75) is 39.3 Å². The van der Waals surface area contributed by atoms with Crippen molar-refractivity contribution in [1.29, 1.82) is 0 Å². The minimum atomic E-state index is -0.138. The van der Waals surface area contributed by atoms with E-state index in [0.29, 0.717) is 6.54 Å². The lowest BCUT2D eigenvalue weighted by atomic mass is 10.0. The van der Waals surface area contributed by atoms with Crippen LogP contribution in [0.1, 0.15) is 32.8 Å². The highest BCUT2D eigenvalue weighted by Gasteiger charge is 2.21. The average Bonchev–Trinajstić information content (AvgIpc) is 2.61. The van der Waals surface area contributed by atoms with E-state index in [9.17, 15) is 4.79 Å². The zero-order chi connectivity index (χ0) is 14.6. The molecule has 1 aromatic carbocycles. The van der Waals surface area contributed by atoms with Crippen LogP contribution >= 0.6 is 0 Å². The first-order valence-corrected chi connectivity index (χ1v) is 7.36. The van der Waals surface area contributed by atoms with Gasteiger partial charge in [0.1, 0.15) is 0 Å². The second-order valence-electron chi connectivity index (χ2n) is 6.01. The highest BCUT2D eigenvalue weighted by molar-refractivity contribution is 5.82. The molecule has 0 spiro atoms. The van der Waals surface area contributed by atoms with Gasteiger partial charge in [-0.25, -0.2) is 0 Å². The van der Waals surface area contributed by atoms with Crippen molar-refractivity contribution >= 4 is 11.6 Å². The Labute approximate surface area is 121 Å².